The Hall–Kier alpha value is -1.30. The highest BCUT2D eigenvalue weighted by Gasteiger charge is 2.28. The third-order valence-corrected chi connectivity index (χ3v) is 4.10. The molecule has 1 saturated heterocycles. The Balaban J connectivity index is 2.60. The molecule has 6 heteroatoms. The van der Waals surface area contributed by atoms with Gasteiger partial charge in [-0.2, -0.15) is 0 Å². The lowest BCUT2D eigenvalue weighted by Crippen LogP contribution is -2.52. The van der Waals surface area contributed by atoms with Gasteiger partial charge in [0.15, 0.2) is 0 Å². The summed E-state index contributed by atoms with van der Waals surface area (Å²) in [7, 11) is 0. The van der Waals surface area contributed by atoms with E-state index in [4.69, 9.17) is 9.84 Å². The van der Waals surface area contributed by atoms with Crippen molar-refractivity contribution >= 4 is 12.0 Å². The van der Waals surface area contributed by atoms with Crippen molar-refractivity contribution in [2.75, 3.05) is 32.8 Å². The molecule has 0 radical (unpaired) electrons. The first kappa shape index (κ1) is 17.8. The minimum absolute atomic E-state index is 0.00286. The van der Waals surface area contributed by atoms with Gasteiger partial charge in [-0.25, -0.2) is 4.79 Å². The summed E-state index contributed by atoms with van der Waals surface area (Å²) in [6, 6.07) is 0.00286. The summed E-state index contributed by atoms with van der Waals surface area (Å²) < 4.78 is 5.41. The molecule has 1 unspecified atom stereocenters. The molecule has 0 aromatic heterocycles. The second-order valence-corrected chi connectivity index (χ2v) is 5.54. The number of morpholine rings is 1. The molecule has 122 valence electrons. The molecule has 1 N–H and O–H groups in total. The van der Waals surface area contributed by atoms with Crippen LogP contribution in [-0.2, 0) is 9.53 Å². The molecule has 1 fully saturated rings. The normalized spacial score (nSPS) is 18.9. The maximum absolute atomic E-state index is 12.6. The first-order valence-electron chi connectivity index (χ1n) is 7.88. The molecule has 1 rings (SSSR count). The van der Waals surface area contributed by atoms with Gasteiger partial charge >= 0.3 is 12.0 Å². The number of nitrogens with zero attached hydrogens (tertiary/aromatic N) is 2. The standard InChI is InChI=1S/C15H28N2O4/c1-4-12(5-2)10-16(6-3)15(20)17-7-8-21-13(11-17)9-14(18)19/h12-13H,4-11H2,1-3H3,(H,18,19). The van der Waals surface area contributed by atoms with Gasteiger partial charge < -0.3 is 19.6 Å². The van der Waals surface area contributed by atoms with Gasteiger partial charge in [-0.05, 0) is 12.8 Å². The number of aliphatic carboxylic acids is 1. The number of rotatable bonds is 7. The van der Waals surface area contributed by atoms with Gasteiger partial charge in [0.05, 0.1) is 19.1 Å². The van der Waals surface area contributed by atoms with Crippen LogP contribution in [0.15, 0.2) is 0 Å². The van der Waals surface area contributed by atoms with E-state index >= 15 is 0 Å². The van der Waals surface area contributed by atoms with E-state index in [1.807, 2.05) is 11.8 Å². The smallest absolute Gasteiger partial charge is 0.320 e. The average molecular weight is 300 g/mol. The highest BCUT2D eigenvalue weighted by Crippen LogP contribution is 2.14. The number of ether oxygens (including phenoxy) is 1. The topological polar surface area (TPSA) is 70.1 Å². The van der Waals surface area contributed by atoms with Crippen LogP contribution in [0.3, 0.4) is 0 Å². The summed E-state index contributed by atoms with van der Waals surface area (Å²) in [5.41, 5.74) is 0. The predicted octanol–water partition coefficient (Wildman–Crippen LogP) is 2.04. The molecule has 0 saturated carbocycles. The molecule has 2 amide bonds. The van der Waals surface area contributed by atoms with E-state index in [9.17, 15) is 9.59 Å². The molecule has 0 aliphatic carbocycles. The van der Waals surface area contributed by atoms with Gasteiger partial charge in [0.25, 0.3) is 0 Å². The third-order valence-electron chi connectivity index (χ3n) is 4.10. The molecule has 0 bridgehead atoms. The Morgan fingerprint density at radius 1 is 1.33 bits per heavy atom. The van der Waals surface area contributed by atoms with E-state index < -0.39 is 12.1 Å². The van der Waals surface area contributed by atoms with E-state index in [2.05, 4.69) is 13.8 Å². The van der Waals surface area contributed by atoms with Gasteiger partial charge in [0.2, 0.25) is 0 Å². The summed E-state index contributed by atoms with van der Waals surface area (Å²) in [6.45, 7) is 9.02. The highest BCUT2D eigenvalue weighted by atomic mass is 16.5. The Morgan fingerprint density at radius 2 is 2.00 bits per heavy atom. The van der Waals surface area contributed by atoms with Gasteiger partial charge in [-0.3, -0.25) is 4.79 Å². The zero-order chi connectivity index (χ0) is 15.8. The maximum atomic E-state index is 12.6. The highest BCUT2D eigenvalue weighted by molar-refractivity contribution is 5.75. The molecule has 6 nitrogen and oxygen atoms in total. The van der Waals surface area contributed by atoms with Gasteiger partial charge in [0.1, 0.15) is 0 Å². The van der Waals surface area contributed by atoms with Crippen molar-refractivity contribution in [3.63, 3.8) is 0 Å². The van der Waals surface area contributed by atoms with Gasteiger partial charge in [-0.1, -0.05) is 26.7 Å². The predicted molar refractivity (Wildman–Crippen MR) is 80.3 cm³/mol. The van der Waals surface area contributed by atoms with Crippen molar-refractivity contribution in [3.05, 3.63) is 0 Å². The second-order valence-electron chi connectivity index (χ2n) is 5.54. The van der Waals surface area contributed by atoms with Crippen molar-refractivity contribution in [1.82, 2.24) is 9.80 Å². The Morgan fingerprint density at radius 3 is 2.52 bits per heavy atom. The zero-order valence-electron chi connectivity index (χ0n) is 13.4. The van der Waals surface area contributed by atoms with E-state index in [-0.39, 0.29) is 12.5 Å². The number of hydrogen-bond acceptors (Lipinski definition) is 3. The summed E-state index contributed by atoms with van der Waals surface area (Å²) >= 11 is 0. The number of amides is 2. The third kappa shape index (κ3) is 5.53. The van der Waals surface area contributed by atoms with Crippen molar-refractivity contribution < 1.29 is 19.4 Å². The Kier molecular flexibility index (Phi) is 7.50. The number of urea groups is 1. The van der Waals surface area contributed by atoms with Crippen LogP contribution in [0.5, 0.6) is 0 Å². The van der Waals surface area contributed by atoms with Crippen LogP contribution in [-0.4, -0.2) is 65.8 Å². The largest absolute Gasteiger partial charge is 0.481 e. The molecule has 1 atom stereocenters. The fourth-order valence-corrected chi connectivity index (χ4v) is 2.61. The van der Waals surface area contributed by atoms with Crippen LogP contribution >= 0.6 is 0 Å². The molecule has 21 heavy (non-hydrogen) atoms. The fraction of sp³-hybridized carbons (Fsp3) is 0.867. The molecule has 1 aliphatic rings. The monoisotopic (exact) mass is 300 g/mol. The lowest BCUT2D eigenvalue weighted by atomic mass is 10.0. The van der Waals surface area contributed by atoms with Crippen LogP contribution in [0.25, 0.3) is 0 Å². The lowest BCUT2D eigenvalue weighted by molar-refractivity contribution is -0.141. The summed E-state index contributed by atoms with van der Waals surface area (Å²) in [6.07, 6.45) is 1.67. The molecule has 0 aromatic rings. The Labute approximate surface area is 127 Å². The number of carboxylic acid groups (broad SMARTS) is 1. The number of carboxylic acids is 1. The van der Waals surface area contributed by atoms with E-state index in [0.29, 0.717) is 32.2 Å². The zero-order valence-corrected chi connectivity index (χ0v) is 13.4. The summed E-state index contributed by atoms with van der Waals surface area (Å²) in [5, 5.41) is 8.83. The maximum Gasteiger partial charge on any atom is 0.320 e. The number of carbonyl (C=O) groups is 2. The summed E-state index contributed by atoms with van der Waals surface area (Å²) in [5.74, 6) is -0.372. The average Bonchev–Trinajstić information content (AvgIpc) is 2.47. The second kappa shape index (κ2) is 8.87. The molecule has 0 aromatic carbocycles. The summed E-state index contributed by atoms with van der Waals surface area (Å²) in [4.78, 5) is 26.9. The van der Waals surface area contributed by atoms with Crippen molar-refractivity contribution in [1.29, 1.82) is 0 Å². The first-order valence-corrected chi connectivity index (χ1v) is 7.88. The SMILES string of the molecule is CCC(CC)CN(CC)C(=O)N1CCOC(CC(=O)O)C1. The van der Waals surface area contributed by atoms with Crippen LogP contribution in [0, 0.1) is 5.92 Å². The van der Waals surface area contributed by atoms with E-state index in [0.717, 1.165) is 19.4 Å². The van der Waals surface area contributed by atoms with Crippen molar-refractivity contribution in [2.45, 2.75) is 46.1 Å². The van der Waals surface area contributed by atoms with Crippen LogP contribution in [0.1, 0.15) is 40.0 Å². The van der Waals surface area contributed by atoms with Crippen LogP contribution in [0.2, 0.25) is 0 Å². The molecular weight excluding hydrogens is 272 g/mol. The number of hydrogen-bond donors (Lipinski definition) is 1. The Bertz CT molecular complexity index is 345. The van der Waals surface area contributed by atoms with Gasteiger partial charge in [-0.15, -0.1) is 0 Å². The molecule has 0 spiro atoms. The minimum Gasteiger partial charge on any atom is -0.481 e. The molecule has 1 heterocycles. The van der Waals surface area contributed by atoms with Crippen molar-refractivity contribution in [3.8, 4) is 0 Å². The fourth-order valence-electron chi connectivity index (χ4n) is 2.61. The van der Waals surface area contributed by atoms with Crippen LogP contribution in [0.4, 0.5) is 4.79 Å². The van der Waals surface area contributed by atoms with Crippen LogP contribution < -0.4 is 0 Å². The minimum atomic E-state index is -0.890. The first-order chi connectivity index (χ1) is 10.0. The van der Waals surface area contributed by atoms with Gasteiger partial charge in [0, 0.05) is 26.2 Å². The molecular formula is C15H28N2O4. The number of carbonyl (C=O) groups excluding carboxylic acids is 1. The van der Waals surface area contributed by atoms with Crippen molar-refractivity contribution in [2.24, 2.45) is 5.92 Å². The molecule has 1 aliphatic heterocycles. The lowest BCUT2D eigenvalue weighted by Gasteiger charge is -2.36. The quantitative estimate of drug-likeness (QED) is 0.781. The van der Waals surface area contributed by atoms with E-state index in [1.165, 1.54) is 0 Å². The van der Waals surface area contributed by atoms with E-state index in [1.54, 1.807) is 4.90 Å².